The van der Waals surface area contributed by atoms with E-state index in [1.54, 1.807) is 34.5 Å². The van der Waals surface area contributed by atoms with Crippen LogP contribution in [0.1, 0.15) is 17.3 Å². The Labute approximate surface area is 144 Å². The monoisotopic (exact) mass is 368 g/mol. The number of thiophene rings is 1. The third kappa shape index (κ3) is 3.22. The van der Waals surface area contributed by atoms with E-state index in [1.807, 2.05) is 0 Å². The zero-order chi connectivity index (χ0) is 17.3. The van der Waals surface area contributed by atoms with Gasteiger partial charge in [0.25, 0.3) is 10.0 Å². The molecule has 128 valence electrons. The lowest BCUT2D eigenvalue weighted by molar-refractivity contribution is 0.101. The van der Waals surface area contributed by atoms with Gasteiger partial charge in [-0.3, -0.25) is 4.79 Å². The van der Waals surface area contributed by atoms with Crippen LogP contribution in [0, 0.1) is 5.82 Å². The Hall–Kier alpha value is -1.77. The summed E-state index contributed by atoms with van der Waals surface area (Å²) in [6.45, 7) is 2.80. The summed E-state index contributed by atoms with van der Waals surface area (Å²) in [4.78, 5) is 13.1. The number of benzene rings is 1. The molecule has 1 aromatic carbocycles. The first kappa shape index (κ1) is 17.1. The van der Waals surface area contributed by atoms with Crippen LogP contribution in [0.15, 0.2) is 39.9 Å². The van der Waals surface area contributed by atoms with Crippen molar-refractivity contribution in [2.75, 3.05) is 31.1 Å². The van der Waals surface area contributed by atoms with Crippen molar-refractivity contribution in [2.24, 2.45) is 0 Å². The molecule has 2 aromatic rings. The summed E-state index contributed by atoms with van der Waals surface area (Å²) in [5.41, 5.74) is 0.725. The highest BCUT2D eigenvalue weighted by Gasteiger charge is 2.29. The minimum absolute atomic E-state index is 0.188. The molecule has 0 unspecified atom stereocenters. The summed E-state index contributed by atoms with van der Waals surface area (Å²) in [6.07, 6.45) is 0. The van der Waals surface area contributed by atoms with E-state index in [4.69, 9.17) is 0 Å². The molecule has 2 heterocycles. The molecule has 5 nitrogen and oxygen atoms in total. The number of rotatable bonds is 4. The number of sulfonamides is 1. The standard InChI is InChI=1S/C16H17FN2O3S2/c1-12(20)13-4-5-15(14(17)11-13)18-6-8-19(9-7-18)24(21,22)16-3-2-10-23-16/h2-5,10-11H,6-9H2,1H3. The molecular formula is C16H17FN2O3S2. The van der Waals surface area contributed by atoms with E-state index in [1.165, 1.54) is 28.6 Å². The Balaban J connectivity index is 1.73. The second-order valence-electron chi connectivity index (χ2n) is 5.55. The predicted octanol–water partition coefficient (Wildman–Crippen LogP) is 2.60. The summed E-state index contributed by atoms with van der Waals surface area (Å²) < 4.78 is 40.9. The SMILES string of the molecule is CC(=O)c1ccc(N2CCN(S(=O)(=O)c3cccs3)CC2)c(F)c1. The van der Waals surface area contributed by atoms with Crippen molar-refractivity contribution in [3.63, 3.8) is 0 Å². The average molecular weight is 368 g/mol. The molecule has 3 rings (SSSR count). The van der Waals surface area contributed by atoms with Gasteiger partial charge in [-0.1, -0.05) is 6.07 Å². The second-order valence-corrected chi connectivity index (χ2v) is 8.66. The lowest BCUT2D eigenvalue weighted by Gasteiger charge is -2.35. The minimum atomic E-state index is -3.47. The zero-order valence-electron chi connectivity index (χ0n) is 13.1. The van der Waals surface area contributed by atoms with Gasteiger partial charge in [-0.05, 0) is 36.6 Å². The molecule has 0 atom stereocenters. The highest BCUT2D eigenvalue weighted by atomic mass is 32.2. The van der Waals surface area contributed by atoms with E-state index in [0.717, 1.165) is 0 Å². The average Bonchev–Trinajstić information content (AvgIpc) is 3.10. The predicted molar refractivity (Wildman–Crippen MR) is 91.7 cm³/mol. The molecule has 0 N–H and O–H groups in total. The number of anilines is 1. The van der Waals surface area contributed by atoms with E-state index in [0.29, 0.717) is 41.6 Å². The number of nitrogens with zero attached hydrogens (tertiary/aromatic N) is 2. The van der Waals surface area contributed by atoms with E-state index >= 15 is 0 Å². The number of ketones is 1. The molecule has 1 aliphatic rings. The second kappa shape index (κ2) is 6.62. The normalized spacial score (nSPS) is 16.3. The van der Waals surface area contributed by atoms with Crippen LogP contribution >= 0.6 is 11.3 Å². The molecule has 0 spiro atoms. The Morgan fingerprint density at radius 3 is 2.42 bits per heavy atom. The zero-order valence-corrected chi connectivity index (χ0v) is 14.7. The van der Waals surface area contributed by atoms with Crippen LogP contribution < -0.4 is 4.90 Å². The molecule has 0 amide bonds. The van der Waals surface area contributed by atoms with Crippen molar-refractivity contribution in [1.29, 1.82) is 0 Å². The Bertz CT molecular complexity index is 842. The van der Waals surface area contributed by atoms with E-state index in [2.05, 4.69) is 0 Å². The number of hydrogen-bond acceptors (Lipinski definition) is 5. The van der Waals surface area contributed by atoms with Crippen molar-refractivity contribution in [2.45, 2.75) is 11.1 Å². The highest BCUT2D eigenvalue weighted by Crippen LogP contribution is 2.26. The Morgan fingerprint density at radius 1 is 1.17 bits per heavy atom. The molecule has 1 fully saturated rings. The van der Waals surface area contributed by atoms with Crippen molar-refractivity contribution < 1.29 is 17.6 Å². The summed E-state index contributed by atoms with van der Waals surface area (Å²) in [6, 6.07) is 7.70. The van der Waals surface area contributed by atoms with E-state index in [9.17, 15) is 17.6 Å². The highest BCUT2D eigenvalue weighted by molar-refractivity contribution is 7.91. The van der Waals surface area contributed by atoms with Crippen LogP contribution in [0.2, 0.25) is 0 Å². The fourth-order valence-electron chi connectivity index (χ4n) is 2.69. The molecule has 8 heteroatoms. The van der Waals surface area contributed by atoms with Gasteiger partial charge in [0, 0.05) is 31.7 Å². The first-order valence-corrected chi connectivity index (χ1v) is 9.80. The quantitative estimate of drug-likeness (QED) is 0.779. The smallest absolute Gasteiger partial charge is 0.252 e. The van der Waals surface area contributed by atoms with Crippen molar-refractivity contribution in [3.8, 4) is 0 Å². The topological polar surface area (TPSA) is 57.7 Å². The van der Waals surface area contributed by atoms with Crippen LogP contribution in [-0.4, -0.2) is 44.7 Å². The van der Waals surface area contributed by atoms with Gasteiger partial charge in [0.05, 0.1) is 5.69 Å². The van der Waals surface area contributed by atoms with Gasteiger partial charge < -0.3 is 4.90 Å². The van der Waals surface area contributed by atoms with Gasteiger partial charge in [0.2, 0.25) is 0 Å². The van der Waals surface area contributed by atoms with Crippen LogP contribution in [-0.2, 0) is 10.0 Å². The van der Waals surface area contributed by atoms with E-state index < -0.39 is 15.8 Å². The first-order valence-electron chi connectivity index (χ1n) is 7.48. The van der Waals surface area contributed by atoms with Gasteiger partial charge in [0.1, 0.15) is 10.0 Å². The Kier molecular flexibility index (Phi) is 4.71. The summed E-state index contributed by atoms with van der Waals surface area (Å²) in [5.74, 6) is -0.649. The molecule has 1 aromatic heterocycles. The number of Topliss-reactive ketones (excluding diaryl/α,β-unsaturated/α-hetero) is 1. The number of halogens is 1. The van der Waals surface area contributed by atoms with Crippen LogP contribution in [0.25, 0.3) is 0 Å². The van der Waals surface area contributed by atoms with Gasteiger partial charge in [-0.2, -0.15) is 4.31 Å². The van der Waals surface area contributed by atoms with Gasteiger partial charge in [-0.25, -0.2) is 12.8 Å². The molecule has 1 aliphatic heterocycles. The number of piperazine rings is 1. The lowest BCUT2D eigenvalue weighted by Crippen LogP contribution is -2.48. The molecule has 1 saturated heterocycles. The van der Waals surface area contributed by atoms with Crippen LogP contribution in [0.4, 0.5) is 10.1 Å². The molecule has 0 saturated carbocycles. The van der Waals surface area contributed by atoms with Crippen molar-refractivity contribution >= 4 is 32.8 Å². The molecule has 0 radical (unpaired) electrons. The Morgan fingerprint density at radius 2 is 1.88 bits per heavy atom. The maximum atomic E-state index is 14.2. The summed E-state index contributed by atoms with van der Waals surface area (Å²) >= 11 is 1.19. The van der Waals surface area contributed by atoms with Crippen molar-refractivity contribution in [3.05, 3.63) is 47.1 Å². The summed E-state index contributed by atoms with van der Waals surface area (Å²) in [5, 5.41) is 1.73. The molecular weight excluding hydrogens is 351 g/mol. The first-order chi connectivity index (χ1) is 11.4. The molecule has 24 heavy (non-hydrogen) atoms. The van der Waals surface area contributed by atoms with Crippen LogP contribution in [0.3, 0.4) is 0 Å². The summed E-state index contributed by atoms with van der Waals surface area (Å²) in [7, 11) is -3.47. The van der Waals surface area contributed by atoms with Crippen molar-refractivity contribution in [1.82, 2.24) is 4.31 Å². The number of carbonyl (C=O) groups excluding carboxylic acids is 1. The largest absolute Gasteiger partial charge is 0.367 e. The molecule has 0 bridgehead atoms. The molecule has 0 aliphatic carbocycles. The number of carbonyl (C=O) groups is 1. The minimum Gasteiger partial charge on any atom is -0.367 e. The third-order valence-corrected chi connectivity index (χ3v) is 7.29. The van der Waals surface area contributed by atoms with Gasteiger partial charge >= 0.3 is 0 Å². The lowest BCUT2D eigenvalue weighted by atomic mass is 10.1. The van der Waals surface area contributed by atoms with Gasteiger partial charge in [-0.15, -0.1) is 11.3 Å². The fraction of sp³-hybridized carbons (Fsp3) is 0.312. The maximum Gasteiger partial charge on any atom is 0.252 e. The number of hydrogen-bond donors (Lipinski definition) is 0. The fourth-order valence-corrected chi connectivity index (χ4v) is 5.26. The van der Waals surface area contributed by atoms with E-state index in [-0.39, 0.29) is 5.78 Å². The third-order valence-electron chi connectivity index (χ3n) is 4.02. The maximum absolute atomic E-state index is 14.2. The van der Waals surface area contributed by atoms with Gasteiger partial charge in [0.15, 0.2) is 5.78 Å². The van der Waals surface area contributed by atoms with Crippen LogP contribution in [0.5, 0.6) is 0 Å².